The Balaban J connectivity index is 1.59. The van der Waals surface area contributed by atoms with Gasteiger partial charge in [-0.3, -0.25) is 0 Å². The van der Waals surface area contributed by atoms with Crippen LogP contribution in [0.25, 0.3) is 0 Å². The van der Waals surface area contributed by atoms with Gasteiger partial charge in [-0.05, 0) is 28.8 Å². The van der Waals surface area contributed by atoms with Crippen molar-refractivity contribution in [1.29, 1.82) is 0 Å². The second-order valence-corrected chi connectivity index (χ2v) is 11.5. The third-order valence-corrected chi connectivity index (χ3v) is 8.96. The zero-order valence-corrected chi connectivity index (χ0v) is 21.6. The van der Waals surface area contributed by atoms with Crippen molar-refractivity contribution in [3.05, 3.63) is 95.6 Å². The normalized spacial score (nSPS) is 18.4. The lowest BCUT2D eigenvalue weighted by molar-refractivity contribution is -0.0138. The molecule has 1 heterocycles. The molecule has 3 aromatic rings. The van der Waals surface area contributed by atoms with E-state index in [2.05, 4.69) is 0 Å². The summed E-state index contributed by atoms with van der Waals surface area (Å²) in [4.78, 5) is 0. The Morgan fingerprint density at radius 1 is 0.528 bits per heavy atom. The van der Waals surface area contributed by atoms with Gasteiger partial charge in [0.2, 0.25) is 0 Å². The lowest BCUT2D eigenvalue weighted by Gasteiger charge is -2.21. The van der Waals surface area contributed by atoms with Gasteiger partial charge in [-0.1, -0.05) is 66.7 Å². The molecule has 4 rings (SSSR count). The van der Waals surface area contributed by atoms with Crippen molar-refractivity contribution in [2.75, 3.05) is 52.9 Å². The van der Waals surface area contributed by atoms with E-state index >= 15 is 0 Å². The van der Waals surface area contributed by atoms with Crippen molar-refractivity contribution in [2.24, 2.45) is 0 Å². The van der Waals surface area contributed by atoms with E-state index < -0.39 is 7.14 Å². The maximum absolute atomic E-state index is 14.8. The van der Waals surface area contributed by atoms with Gasteiger partial charge in [-0.25, -0.2) is 0 Å². The van der Waals surface area contributed by atoms with Crippen LogP contribution >= 0.6 is 7.14 Å². The van der Waals surface area contributed by atoms with Gasteiger partial charge in [-0.15, -0.1) is 0 Å². The van der Waals surface area contributed by atoms with Crippen molar-refractivity contribution in [3.63, 3.8) is 0 Å². The maximum Gasteiger partial charge on any atom is 0.147 e. The third kappa shape index (κ3) is 8.10. The zero-order valence-electron chi connectivity index (χ0n) is 20.7. The van der Waals surface area contributed by atoms with Gasteiger partial charge in [0.15, 0.2) is 0 Å². The molecule has 0 spiro atoms. The average molecular weight is 511 g/mol. The highest BCUT2D eigenvalue weighted by Crippen LogP contribution is 2.47. The average Bonchev–Trinajstić information content (AvgIpc) is 2.91. The number of fused-ring (bicyclic) bond motifs is 4. The van der Waals surface area contributed by atoms with E-state index in [1.54, 1.807) is 0 Å². The van der Waals surface area contributed by atoms with E-state index in [9.17, 15) is 4.57 Å². The summed E-state index contributed by atoms with van der Waals surface area (Å²) in [6.45, 7) is 4.91. The molecule has 0 saturated carbocycles. The van der Waals surface area contributed by atoms with Crippen LogP contribution in [0.4, 0.5) is 0 Å². The van der Waals surface area contributed by atoms with Crippen molar-refractivity contribution < 1.29 is 28.2 Å². The first-order valence-corrected chi connectivity index (χ1v) is 14.3. The summed E-state index contributed by atoms with van der Waals surface area (Å²) < 4.78 is 43.1. The minimum absolute atomic E-state index is 0.435. The second-order valence-electron chi connectivity index (χ2n) is 8.67. The first-order chi connectivity index (χ1) is 17.7. The summed E-state index contributed by atoms with van der Waals surface area (Å²) in [7, 11) is -2.97. The molecule has 7 heteroatoms. The molecule has 3 aromatic carbocycles. The Morgan fingerprint density at radius 2 is 0.972 bits per heavy atom. The van der Waals surface area contributed by atoms with Crippen LogP contribution in [0, 0.1) is 0 Å². The van der Waals surface area contributed by atoms with Gasteiger partial charge in [0, 0.05) is 16.8 Å². The van der Waals surface area contributed by atoms with Crippen LogP contribution in [0.2, 0.25) is 0 Å². The maximum atomic E-state index is 14.8. The summed E-state index contributed by atoms with van der Waals surface area (Å²) in [6.07, 6.45) is 0.451. The van der Waals surface area contributed by atoms with Gasteiger partial charge in [0.1, 0.15) is 7.14 Å². The van der Waals surface area contributed by atoms with Gasteiger partial charge < -0.3 is 28.2 Å². The summed E-state index contributed by atoms with van der Waals surface area (Å²) in [5.74, 6) is 0. The standard InChI is InChI=1S/C29H35O6P/c30-36(24-25-6-2-1-3-7-25)28-10-4-8-26(20-28)22-34-18-16-32-14-12-31-13-15-33-17-19-35-23-27-9-5-11-29(36)21-27/h1-11,20-21H,12-19,22-24H2. The van der Waals surface area contributed by atoms with Crippen molar-refractivity contribution in [1.82, 2.24) is 0 Å². The van der Waals surface area contributed by atoms with E-state index in [0.717, 1.165) is 27.3 Å². The van der Waals surface area contributed by atoms with E-state index in [0.29, 0.717) is 72.2 Å². The molecule has 0 amide bonds. The molecular formula is C29H35O6P. The molecule has 36 heavy (non-hydrogen) atoms. The Hall–Kier alpha value is -2.31. The highest BCUT2D eigenvalue weighted by atomic mass is 31.2. The van der Waals surface area contributed by atoms with Gasteiger partial charge >= 0.3 is 0 Å². The van der Waals surface area contributed by atoms with E-state index in [1.165, 1.54) is 0 Å². The van der Waals surface area contributed by atoms with Gasteiger partial charge in [0.05, 0.1) is 66.1 Å². The SMILES string of the molecule is O=P1(Cc2ccccc2)c2cccc(c2)COCCOCCOCCOCCOCc2cccc1c2. The van der Waals surface area contributed by atoms with Crippen LogP contribution in [0.3, 0.4) is 0 Å². The van der Waals surface area contributed by atoms with Crippen LogP contribution in [-0.2, 0) is 47.6 Å². The van der Waals surface area contributed by atoms with Crippen molar-refractivity contribution in [3.8, 4) is 0 Å². The van der Waals surface area contributed by atoms with Crippen molar-refractivity contribution >= 4 is 17.8 Å². The Morgan fingerprint density at radius 3 is 1.44 bits per heavy atom. The molecular weight excluding hydrogens is 475 g/mol. The Bertz CT molecular complexity index is 1040. The van der Waals surface area contributed by atoms with E-state index in [4.69, 9.17) is 23.7 Å². The second kappa shape index (κ2) is 14.4. The molecule has 0 atom stereocenters. The molecule has 1 aliphatic heterocycles. The number of ether oxygens (including phenoxy) is 5. The molecule has 4 bridgehead atoms. The lowest BCUT2D eigenvalue weighted by atomic mass is 10.2. The number of hydrogen-bond acceptors (Lipinski definition) is 6. The summed E-state index contributed by atoms with van der Waals surface area (Å²) in [5, 5.41) is 1.66. The van der Waals surface area contributed by atoms with Crippen LogP contribution in [0.5, 0.6) is 0 Å². The largest absolute Gasteiger partial charge is 0.377 e. The van der Waals surface area contributed by atoms with Crippen LogP contribution in [-0.4, -0.2) is 52.9 Å². The summed E-state index contributed by atoms with van der Waals surface area (Å²) >= 11 is 0. The summed E-state index contributed by atoms with van der Waals surface area (Å²) in [6, 6.07) is 25.9. The number of hydrogen-bond donors (Lipinski definition) is 0. The first kappa shape index (κ1) is 26.7. The van der Waals surface area contributed by atoms with Crippen LogP contribution in [0.1, 0.15) is 16.7 Å². The highest BCUT2D eigenvalue weighted by Gasteiger charge is 2.28. The van der Waals surface area contributed by atoms with E-state index in [1.807, 2.05) is 78.9 Å². The smallest absolute Gasteiger partial charge is 0.147 e. The molecule has 1 aliphatic rings. The molecule has 0 radical (unpaired) electrons. The zero-order chi connectivity index (χ0) is 24.9. The first-order valence-electron chi connectivity index (χ1n) is 12.4. The van der Waals surface area contributed by atoms with Crippen LogP contribution < -0.4 is 10.6 Å². The minimum atomic E-state index is -2.97. The topological polar surface area (TPSA) is 63.2 Å². The fraction of sp³-hybridized carbons (Fsp3) is 0.379. The van der Waals surface area contributed by atoms with E-state index in [-0.39, 0.29) is 0 Å². The van der Waals surface area contributed by atoms with Gasteiger partial charge in [-0.2, -0.15) is 0 Å². The predicted molar refractivity (Wildman–Crippen MR) is 142 cm³/mol. The van der Waals surface area contributed by atoms with Crippen molar-refractivity contribution in [2.45, 2.75) is 19.4 Å². The fourth-order valence-corrected chi connectivity index (χ4v) is 6.86. The molecule has 6 nitrogen and oxygen atoms in total. The lowest BCUT2D eigenvalue weighted by Crippen LogP contribution is -2.19. The predicted octanol–water partition coefficient (Wildman–Crippen LogP) is 4.30. The van der Waals surface area contributed by atoms with Gasteiger partial charge in [0.25, 0.3) is 0 Å². The fourth-order valence-electron chi connectivity index (χ4n) is 4.07. The number of benzene rings is 3. The summed E-state index contributed by atoms with van der Waals surface area (Å²) in [5.41, 5.74) is 3.03. The minimum Gasteiger partial charge on any atom is -0.377 e. The Kier molecular flexibility index (Phi) is 10.7. The molecule has 192 valence electrons. The molecule has 0 unspecified atom stereocenters. The Labute approximate surface area is 213 Å². The quantitative estimate of drug-likeness (QED) is 0.479. The highest BCUT2D eigenvalue weighted by molar-refractivity contribution is 7.78. The molecule has 0 aromatic heterocycles. The molecule has 0 saturated heterocycles. The third-order valence-electron chi connectivity index (χ3n) is 5.93. The molecule has 0 fully saturated rings. The van der Waals surface area contributed by atoms with Crippen LogP contribution in [0.15, 0.2) is 78.9 Å². The monoisotopic (exact) mass is 510 g/mol. The number of rotatable bonds is 2. The molecule has 0 N–H and O–H groups in total. The molecule has 0 aliphatic carbocycles.